The number of hydrogen-bond donors (Lipinski definition) is 1. The molecule has 0 unspecified atom stereocenters. The van der Waals surface area contributed by atoms with E-state index in [1.165, 1.54) is 23.2 Å². The highest BCUT2D eigenvalue weighted by atomic mass is 35.5. The Bertz CT molecular complexity index is 266. The molecule has 0 radical (unpaired) electrons. The zero-order chi connectivity index (χ0) is 9.42. The monoisotopic (exact) mass is 199 g/mol. The lowest BCUT2D eigenvalue weighted by atomic mass is 10.1. The van der Waals surface area contributed by atoms with Gasteiger partial charge in [0.2, 0.25) is 0 Å². The van der Waals surface area contributed by atoms with Crippen LogP contribution in [0.25, 0.3) is 0 Å². The van der Waals surface area contributed by atoms with E-state index < -0.39 is 0 Å². The molecule has 1 saturated carbocycles. The number of rotatable bonds is 2. The van der Waals surface area contributed by atoms with Gasteiger partial charge in [-0.25, -0.2) is 0 Å². The zero-order valence-electron chi connectivity index (χ0n) is 7.92. The second-order valence-corrected chi connectivity index (χ2v) is 4.25. The Balaban J connectivity index is 2.16. The van der Waals surface area contributed by atoms with Crippen LogP contribution < -0.4 is 5.43 Å². The van der Waals surface area contributed by atoms with Gasteiger partial charge in [-0.2, -0.15) is 0 Å². The van der Waals surface area contributed by atoms with Gasteiger partial charge in [0.1, 0.15) is 0 Å². The van der Waals surface area contributed by atoms with Gasteiger partial charge in [0, 0.05) is 11.6 Å². The van der Waals surface area contributed by atoms with Gasteiger partial charge in [-0.15, -0.1) is 9.74 Å². The molecule has 2 rings (SSSR count). The first-order valence-electron chi connectivity index (χ1n) is 4.69. The van der Waals surface area contributed by atoms with E-state index in [-0.39, 0.29) is 0 Å². The molecular weight excluding hydrogens is 186 g/mol. The quantitative estimate of drug-likeness (QED) is 0.691. The second-order valence-electron chi connectivity index (χ2n) is 3.93. The molecular formula is C9H14ClN3. The van der Waals surface area contributed by atoms with Crippen molar-refractivity contribution in [1.29, 1.82) is 0 Å². The lowest BCUT2D eigenvalue weighted by molar-refractivity contribution is 0.377. The molecule has 1 fully saturated rings. The molecule has 1 heterocycles. The minimum Gasteiger partial charge on any atom is -0.271 e. The molecule has 0 amide bonds. The first-order valence-corrected chi connectivity index (χ1v) is 5.03. The second kappa shape index (κ2) is 3.22. The maximum absolute atomic E-state index is 5.82. The highest BCUT2D eigenvalue weighted by Gasteiger charge is 2.29. The van der Waals surface area contributed by atoms with E-state index in [1.807, 2.05) is 0 Å². The summed E-state index contributed by atoms with van der Waals surface area (Å²) in [7, 11) is 0. The number of halogens is 1. The van der Waals surface area contributed by atoms with Crippen molar-refractivity contribution < 1.29 is 0 Å². The van der Waals surface area contributed by atoms with Gasteiger partial charge < -0.3 is 0 Å². The van der Waals surface area contributed by atoms with Gasteiger partial charge in [0.05, 0.1) is 17.5 Å². The fourth-order valence-corrected chi connectivity index (χ4v) is 1.52. The van der Waals surface area contributed by atoms with Crippen LogP contribution in [-0.4, -0.2) is 10.3 Å². The largest absolute Gasteiger partial charge is 0.271 e. The molecule has 2 aliphatic rings. The summed E-state index contributed by atoms with van der Waals surface area (Å²) in [5.41, 5.74) is 5.30. The zero-order valence-corrected chi connectivity index (χ0v) is 8.67. The number of allylic oxidation sites excluding steroid dienone is 2. The standard InChI is InChI=1S/C9H14ClN3/c1-6(2)8-5-9(7-3-4-7)12-13(10)11-8/h5-7,12H,3-4H2,1-2H3. The third kappa shape index (κ3) is 1.97. The van der Waals surface area contributed by atoms with Crippen LogP contribution in [0.3, 0.4) is 0 Å². The van der Waals surface area contributed by atoms with Gasteiger partial charge in [-0.3, -0.25) is 5.43 Å². The molecule has 1 aliphatic heterocycles. The van der Waals surface area contributed by atoms with Gasteiger partial charge in [0.25, 0.3) is 0 Å². The average molecular weight is 200 g/mol. The first kappa shape index (κ1) is 8.88. The maximum atomic E-state index is 5.82. The number of nitrogens with zero attached hydrogens (tertiary/aromatic N) is 2. The van der Waals surface area contributed by atoms with Crippen LogP contribution in [-0.2, 0) is 0 Å². The summed E-state index contributed by atoms with van der Waals surface area (Å²) in [6, 6.07) is 0. The summed E-state index contributed by atoms with van der Waals surface area (Å²) in [5.74, 6) is 1.11. The van der Waals surface area contributed by atoms with Crippen LogP contribution in [0.15, 0.2) is 16.9 Å². The summed E-state index contributed by atoms with van der Waals surface area (Å²) in [4.78, 5) is 0. The van der Waals surface area contributed by atoms with Gasteiger partial charge >= 0.3 is 0 Å². The van der Waals surface area contributed by atoms with Crippen molar-refractivity contribution in [2.24, 2.45) is 16.9 Å². The van der Waals surface area contributed by atoms with E-state index in [9.17, 15) is 0 Å². The molecule has 0 aromatic heterocycles. The summed E-state index contributed by atoms with van der Waals surface area (Å²) in [6.07, 6.45) is 4.67. The molecule has 1 aliphatic carbocycles. The molecule has 4 heteroatoms. The van der Waals surface area contributed by atoms with Crippen LogP contribution in [0.2, 0.25) is 0 Å². The number of nitrogens with one attached hydrogen (secondary N) is 1. The van der Waals surface area contributed by atoms with Gasteiger partial charge in [-0.1, -0.05) is 13.8 Å². The predicted molar refractivity (Wildman–Crippen MR) is 53.9 cm³/mol. The summed E-state index contributed by atoms with van der Waals surface area (Å²) < 4.78 is 1.29. The first-order chi connectivity index (χ1) is 6.16. The molecule has 13 heavy (non-hydrogen) atoms. The van der Waals surface area contributed by atoms with Crippen molar-refractivity contribution >= 4 is 17.5 Å². The van der Waals surface area contributed by atoms with Crippen molar-refractivity contribution in [1.82, 2.24) is 10.1 Å². The topological polar surface area (TPSA) is 27.6 Å². The average Bonchev–Trinajstić information content (AvgIpc) is 2.85. The molecule has 0 atom stereocenters. The Hall–Kier alpha value is -0.700. The lowest BCUT2D eigenvalue weighted by Gasteiger charge is -2.22. The Kier molecular flexibility index (Phi) is 2.20. The summed E-state index contributed by atoms with van der Waals surface area (Å²) in [5, 5.41) is 4.17. The highest BCUT2D eigenvalue weighted by molar-refractivity contribution is 6.14. The highest BCUT2D eigenvalue weighted by Crippen LogP contribution is 2.36. The molecule has 0 aromatic rings. The summed E-state index contributed by atoms with van der Waals surface area (Å²) >= 11 is 5.82. The number of hydrogen-bond acceptors (Lipinski definition) is 3. The smallest absolute Gasteiger partial charge is 0.0683 e. The molecule has 0 aromatic carbocycles. The maximum Gasteiger partial charge on any atom is 0.0683 e. The van der Waals surface area contributed by atoms with Crippen LogP contribution in [0.5, 0.6) is 0 Å². The van der Waals surface area contributed by atoms with Crippen molar-refractivity contribution in [3.05, 3.63) is 11.8 Å². The fraction of sp³-hybridized carbons (Fsp3) is 0.667. The molecule has 0 spiro atoms. The Morgan fingerprint density at radius 3 is 2.85 bits per heavy atom. The minimum atomic E-state index is 0.428. The van der Waals surface area contributed by atoms with E-state index in [2.05, 4.69) is 30.5 Å². The molecule has 0 saturated heterocycles. The minimum absolute atomic E-state index is 0.428. The Labute approximate surface area is 83.5 Å². The number of hydrazone groups is 1. The third-order valence-corrected chi connectivity index (χ3v) is 2.50. The van der Waals surface area contributed by atoms with E-state index in [0.717, 1.165) is 5.71 Å². The number of hydrazine groups is 1. The van der Waals surface area contributed by atoms with Crippen molar-refractivity contribution in [3.8, 4) is 0 Å². The van der Waals surface area contributed by atoms with Gasteiger partial charge in [-0.05, 0) is 24.8 Å². The Morgan fingerprint density at radius 2 is 2.31 bits per heavy atom. The van der Waals surface area contributed by atoms with E-state index in [1.54, 1.807) is 0 Å². The van der Waals surface area contributed by atoms with Crippen molar-refractivity contribution in [3.63, 3.8) is 0 Å². The van der Waals surface area contributed by atoms with Crippen molar-refractivity contribution in [2.75, 3.05) is 0 Å². The normalized spacial score (nSPS) is 22.6. The van der Waals surface area contributed by atoms with Crippen LogP contribution in [0.1, 0.15) is 26.7 Å². The summed E-state index contributed by atoms with van der Waals surface area (Å²) in [6.45, 7) is 4.24. The van der Waals surface area contributed by atoms with E-state index in [4.69, 9.17) is 11.8 Å². The van der Waals surface area contributed by atoms with Crippen molar-refractivity contribution in [2.45, 2.75) is 26.7 Å². The molecule has 1 N–H and O–H groups in total. The third-order valence-electron chi connectivity index (χ3n) is 2.34. The molecule has 0 bridgehead atoms. The lowest BCUT2D eigenvalue weighted by Crippen LogP contribution is -2.32. The van der Waals surface area contributed by atoms with E-state index in [0.29, 0.717) is 11.8 Å². The molecule has 3 nitrogen and oxygen atoms in total. The van der Waals surface area contributed by atoms with Crippen LogP contribution in [0.4, 0.5) is 0 Å². The van der Waals surface area contributed by atoms with E-state index >= 15 is 0 Å². The van der Waals surface area contributed by atoms with Crippen LogP contribution >= 0.6 is 11.8 Å². The van der Waals surface area contributed by atoms with Crippen LogP contribution in [0, 0.1) is 11.8 Å². The fourth-order valence-electron chi connectivity index (χ4n) is 1.34. The Morgan fingerprint density at radius 1 is 1.62 bits per heavy atom. The predicted octanol–water partition coefficient (Wildman–Crippen LogP) is 2.27. The SMILES string of the molecule is CC(C)C1=NN(Cl)NC(C2CC2)=C1. The van der Waals surface area contributed by atoms with Gasteiger partial charge in [0.15, 0.2) is 0 Å². The molecule has 72 valence electrons.